The molecule has 1 heterocycles. The van der Waals surface area contributed by atoms with Crippen molar-refractivity contribution in [3.05, 3.63) is 24.0 Å². The van der Waals surface area contributed by atoms with Gasteiger partial charge in [0, 0.05) is 25.5 Å². The van der Waals surface area contributed by atoms with Crippen LogP contribution in [0, 0.1) is 5.92 Å². The maximum absolute atomic E-state index is 3.50. The van der Waals surface area contributed by atoms with E-state index in [0.29, 0.717) is 12.0 Å². The summed E-state index contributed by atoms with van der Waals surface area (Å²) in [6, 6.07) is 2.68. The van der Waals surface area contributed by atoms with E-state index in [9.17, 15) is 0 Å². The summed E-state index contributed by atoms with van der Waals surface area (Å²) in [6.45, 7) is 7.68. The van der Waals surface area contributed by atoms with Crippen LogP contribution in [0.2, 0.25) is 0 Å². The van der Waals surface area contributed by atoms with Gasteiger partial charge in [0.25, 0.3) is 0 Å². The molecule has 0 aliphatic rings. The molecule has 0 spiro atoms. The zero-order valence-electron chi connectivity index (χ0n) is 9.04. The summed E-state index contributed by atoms with van der Waals surface area (Å²) >= 11 is 0. The van der Waals surface area contributed by atoms with Gasteiger partial charge in [-0.2, -0.15) is 0 Å². The maximum Gasteiger partial charge on any atom is 0.0358 e. The van der Waals surface area contributed by atoms with Crippen molar-refractivity contribution in [3.63, 3.8) is 0 Å². The number of nitrogens with one attached hydrogen (secondary N) is 1. The van der Waals surface area contributed by atoms with E-state index in [2.05, 4.69) is 56.2 Å². The Labute approximate surface area is 81.0 Å². The second kappa shape index (κ2) is 4.47. The van der Waals surface area contributed by atoms with Crippen LogP contribution in [-0.4, -0.2) is 11.1 Å². The van der Waals surface area contributed by atoms with E-state index < -0.39 is 0 Å². The van der Waals surface area contributed by atoms with E-state index in [0.717, 1.165) is 6.54 Å². The largest absolute Gasteiger partial charge is 0.357 e. The van der Waals surface area contributed by atoms with Crippen molar-refractivity contribution in [1.29, 1.82) is 0 Å². The minimum absolute atomic E-state index is 0.492. The molecule has 74 valence electrons. The van der Waals surface area contributed by atoms with E-state index >= 15 is 0 Å². The molecular formula is C11H20N2. The molecule has 0 aliphatic carbocycles. The first-order chi connectivity index (χ1) is 6.15. The molecule has 0 fully saturated rings. The molecule has 0 aromatic carbocycles. The van der Waals surface area contributed by atoms with E-state index in [-0.39, 0.29) is 0 Å². The molecule has 1 N–H and O–H groups in total. The summed E-state index contributed by atoms with van der Waals surface area (Å²) in [5, 5.41) is 3.50. The summed E-state index contributed by atoms with van der Waals surface area (Å²) < 4.78 is 2.10. The first-order valence-corrected chi connectivity index (χ1v) is 5.00. The monoisotopic (exact) mass is 180 g/mol. The van der Waals surface area contributed by atoms with Crippen LogP contribution in [0.1, 0.15) is 32.4 Å². The van der Waals surface area contributed by atoms with Gasteiger partial charge in [0.05, 0.1) is 0 Å². The van der Waals surface area contributed by atoms with Crippen molar-refractivity contribution in [2.75, 3.05) is 6.54 Å². The second-order valence-corrected chi connectivity index (χ2v) is 3.89. The van der Waals surface area contributed by atoms with Gasteiger partial charge >= 0.3 is 0 Å². The van der Waals surface area contributed by atoms with Crippen LogP contribution in [0.3, 0.4) is 0 Å². The quantitative estimate of drug-likeness (QED) is 0.752. The Balaban J connectivity index is 2.75. The molecule has 2 nitrogen and oxygen atoms in total. The molecule has 13 heavy (non-hydrogen) atoms. The highest BCUT2D eigenvalue weighted by Crippen LogP contribution is 2.21. The highest BCUT2D eigenvalue weighted by molar-refractivity contribution is 5.15. The third kappa shape index (κ3) is 2.59. The van der Waals surface area contributed by atoms with Crippen molar-refractivity contribution in [1.82, 2.24) is 9.88 Å². The van der Waals surface area contributed by atoms with Gasteiger partial charge in [-0.3, -0.25) is 0 Å². The zero-order chi connectivity index (χ0) is 9.84. The van der Waals surface area contributed by atoms with Crippen molar-refractivity contribution in [3.8, 4) is 0 Å². The third-order valence-electron chi connectivity index (χ3n) is 2.30. The van der Waals surface area contributed by atoms with Crippen molar-refractivity contribution in [2.45, 2.75) is 26.8 Å². The van der Waals surface area contributed by atoms with Crippen LogP contribution >= 0.6 is 0 Å². The lowest BCUT2D eigenvalue weighted by atomic mass is 9.98. The topological polar surface area (TPSA) is 17.0 Å². The predicted molar refractivity (Wildman–Crippen MR) is 56.7 cm³/mol. The number of nitrogens with zero attached hydrogens (tertiary/aromatic N) is 1. The van der Waals surface area contributed by atoms with Crippen LogP contribution in [0.15, 0.2) is 18.5 Å². The standard InChI is InChI=1S/C11H20N2/c1-5-12-11(9(2)3)10-6-7-13(4)8-10/h6-9,11-12H,5H2,1-4H3. The highest BCUT2D eigenvalue weighted by atomic mass is 14.9. The van der Waals surface area contributed by atoms with Gasteiger partial charge in [-0.25, -0.2) is 0 Å². The van der Waals surface area contributed by atoms with Gasteiger partial charge in [-0.15, -0.1) is 0 Å². The molecule has 0 saturated heterocycles. The third-order valence-corrected chi connectivity index (χ3v) is 2.30. The van der Waals surface area contributed by atoms with Crippen LogP contribution in [0.25, 0.3) is 0 Å². The van der Waals surface area contributed by atoms with Gasteiger partial charge in [0.15, 0.2) is 0 Å². The van der Waals surface area contributed by atoms with Gasteiger partial charge in [-0.05, 0) is 24.1 Å². The van der Waals surface area contributed by atoms with Crippen molar-refractivity contribution in [2.24, 2.45) is 13.0 Å². The fourth-order valence-corrected chi connectivity index (χ4v) is 1.67. The Morgan fingerprint density at radius 1 is 1.46 bits per heavy atom. The Morgan fingerprint density at radius 2 is 2.15 bits per heavy atom. The SMILES string of the molecule is CCNC(c1ccn(C)c1)C(C)C. The Hall–Kier alpha value is -0.760. The molecule has 1 aromatic heterocycles. The summed E-state index contributed by atoms with van der Waals surface area (Å²) in [6.07, 6.45) is 4.29. The summed E-state index contributed by atoms with van der Waals surface area (Å²) in [5.74, 6) is 0.641. The maximum atomic E-state index is 3.50. The van der Waals surface area contributed by atoms with E-state index in [4.69, 9.17) is 0 Å². The summed E-state index contributed by atoms with van der Waals surface area (Å²) in [5.41, 5.74) is 1.39. The first kappa shape index (κ1) is 10.3. The Kier molecular flexibility index (Phi) is 3.55. The minimum Gasteiger partial charge on any atom is -0.357 e. The van der Waals surface area contributed by atoms with Crippen molar-refractivity contribution < 1.29 is 0 Å². The predicted octanol–water partition coefficient (Wildman–Crippen LogP) is 2.33. The number of aromatic nitrogens is 1. The zero-order valence-corrected chi connectivity index (χ0v) is 9.04. The second-order valence-electron chi connectivity index (χ2n) is 3.89. The lowest BCUT2D eigenvalue weighted by molar-refractivity contribution is 0.421. The van der Waals surface area contributed by atoms with E-state index in [1.807, 2.05) is 0 Å². The molecule has 0 saturated carbocycles. The van der Waals surface area contributed by atoms with E-state index in [1.165, 1.54) is 5.56 Å². The minimum atomic E-state index is 0.492. The first-order valence-electron chi connectivity index (χ1n) is 5.00. The number of hydrogen-bond acceptors (Lipinski definition) is 1. The van der Waals surface area contributed by atoms with Gasteiger partial charge in [-0.1, -0.05) is 20.8 Å². The van der Waals surface area contributed by atoms with Gasteiger partial charge in [0.2, 0.25) is 0 Å². The normalized spacial score (nSPS) is 13.6. The fourth-order valence-electron chi connectivity index (χ4n) is 1.67. The Bertz CT molecular complexity index is 250. The average Bonchev–Trinajstić information content (AvgIpc) is 2.46. The molecule has 2 heteroatoms. The van der Waals surface area contributed by atoms with Crippen LogP contribution in [0.5, 0.6) is 0 Å². The fraction of sp³-hybridized carbons (Fsp3) is 0.636. The number of aryl methyl sites for hydroxylation is 1. The lowest BCUT2D eigenvalue weighted by Gasteiger charge is -2.20. The average molecular weight is 180 g/mol. The summed E-state index contributed by atoms with van der Waals surface area (Å²) in [4.78, 5) is 0. The van der Waals surface area contributed by atoms with E-state index in [1.54, 1.807) is 0 Å². The Morgan fingerprint density at radius 3 is 2.54 bits per heavy atom. The molecule has 1 unspecified atom stereocenters. The number of hydrogen-bond donors (Lipinski definition) is 1. The summed E-state index contributed by atoms with van der Waals surface area (Å²) in [7, 11) is 2.06. The van der Waals surface area contributed by atoms with Crippen LogP contribution in [0.4, 0.5) is 0 Å². The molecule has 1 rings (SSSR count). The van der Waals surface area contributed by atoms with Gasteiger partial charge < -0.3 is 9.88 Å². The molecule has 0 bridgehead atoms. The molecule has 0 amide bonds. The molecule has 0 aliphatic heterocycles. The lowest BCUT2D eigenvalue weighted by Crippen LogP contribution is -2.24. The van der Waals surface area contributed by atoms with Crippen LogP contribution in [-0.2, 0) is 7.05 Å². The van der Waals surface area contributed by atoms with Crippen molar-refractivity contribution >= 4 is 0 Å². The molecule has 1 atom stereocenters. The molecule has 1 aromatic rings. The highest BCUT2D eigenvalue weighted by Gasteiger charge is 2.14. The smallest absolute Gasteiger partial charge is 0.0358 e. The number of rotatable bonds is 4. The molecule has 0 radical (unpaired) electrons. The van der Waals surface area contributed by atoms with Crippen LogP contribution < -0.4 is 5.32 Å². The van der Waals surface area contributed by atoms with Gasteiger partial charge in [0.1, 0.15) is 0 Å². The molecular weight excluding hydrogens is 160 g/mol.